The quantitative estimate of drug-likeness (QED) is 0.639. The predicted octanol–water partition coefficient (Wildman–Crippen LogP) is 2.41. The van der Waals surface area contributed by atoms with E-state index in [2.05, 4.69) is 10.4 Å². The Morgan fingerprint density at radius 1 is 1.14 bits per heavy atom. The normalized spacial score (nSPS) is 13.3. The van der Waals surface area contributed by atoms with Crippen molar-refractivity contribution in [3.63, 3.8) is 0 Å². The van der Waals surface area contributed by atoms with Gasteiger partial charge < -0.3 is 10.1 Å². The summed E-state index contributed by atoms with van der Waals surface area (Å²) in [6.45, 7) is 0.692. The van der Waals surface area contributed by atoms with Crippen LogP contribution in [0.3, 0.4) is 0 Å². The largest absolute Gasteiger partial charge is 0.497 e. The van der Waals surface area contributed by atoms with Crippen LogP contribution in [0, 0.1) is 0 Å². The van der Waals surface area contributed by atoms with Crippen molar-refractivity contribution in [2.24, 2.45) is 0 Å². The van der Waals surface area contributed by atoms with Crippen LogP contribution >= 0.6 is 0 Å². The summed E-state index contributed by atoms with van der Waals surface area (Å²) in [6, 6.07) is 17.3. The smallest absolute Gasteiger partial charge is 0.346 e. The van der Waals surface area contributed by atoms with Crippen LogP contribution in [-0.2, 0) is 17.8 Å². The van der Waals surface area contributed by atoms with Gasteiger partial charge in [0, 0.05) is 18.2 Å². The molecule has 0 radical (unpaired) electrons. The molecule has 7 heteroatoms. The average molecular weight is 392 g/mol. The van der Waals surface area contributed by atoms with Gasteiger partial charge in [-0.25, -0.2) is 9.48 Å². The molecule has 1 heterocycles. The van der Waals surface area contributed by atoms with E-state index < -0.39 is 0 Å². The monoisotopic (exact) mass is 392 g/mol. The van der Waals surface area contributed by atoms with Gasteiger partial charge in [-0.3, -0.25) is 9.36 Å². The molecule has 0 bridgehead atoms. The third kappa shape index (κ3) is 4.39. The number of aromatic nitrogens is 3. The van der Waals surface area contributed by atoms with Gasteiger partial charge in [0.15, 0.2) is 5.82 Å². The highest BCUT2D eigenvalue weighted by molar-refractivity contribution is 5.78. The van der Waals surface area contributed by atoms with Gasteiger partial charge in [-0.05, 0) is 42.7 Å². The number of ether oxygens (including phenoxy) is 1. The SMILES string of the molecule is COc1ccc(-c2nn(CCNC(=O)Cc3ccccc3)c(=O)n2C2CC2)cc1. The molecular weight excluding hydrogens is 368 g/mol. The predicted molar refractivity (Wildman–Crippen MR) is 110 cm³/mol. The van der Waals surface area contributed by atoms with Crippen LogP contribution in [0.15, 0.2) is 59.4 Å². The minimum atomic E-state index is -0.129. The van der Waals surface area contributed by atoms with Crippen molar-refractivity contribution in [1.82, 2.24) is 19.7 Å². The molecule has 0 aliphatic heterocycles. The zero-order valence-electron chi connectivity index (χ0n) is 16.4. The third-order valence-corrected chi connectivity index (χ3v) is 4.98. The Morgan fingerprint density at radius 3 is 2.52 bits per heavy atom. The highest BCUT2D eigenvalue weighted by Crippen LogP contribution is 2.36. The number of methoxy groups -OCH3 is 1. The topological polar surface area (TPSA) is 78.2 Å². The first-order valence-corrected chi connectivity index (χ1v) is 9.80. The number of carbonyl (C=O) groups is 1. The Kier molecular flexibility index (Phi) is 5.46. The van der Waals surface area contributed by atoms with Crippen molar-refractivity contribution >= 4 is 5.91 Å². The molecule has 3 aromatic rings. The van der Waals surface area contributed by atoms with Crippen molar-refractivity contribution < 1.29 is 9.53 Å². The van der Waals surface area contributed by atoms with Crippen LogP contribution in [0.25, 0.3) is 11.4 Å². The van der Waals surface area contributed by atoms with Crippen LogP contribution in [0.2, 0.25) is 0 Å². The molecule has 2 aromatic carbocycles. The van der Waals surface area contributed by atoms with Gasteiger partial charge in [0.25, 0.3) is 0 Å². The first kappa shape index (κ1) is 19.0. The molecule has 1 aliphatic carbocycles. The number of hydrogen-bond acceptors (Lipinski definition) is 4. The van der Waals surface area contributed by atoms with E-state index in [1.807, 2.05) is 54.6 Å². The van der Waals surface area contributed by atoms with E-state index in [1.165, 1.54) is 4.68 Å². The highest BCUT2D eigenvalue weighted by Gasteiger charge is 2.30. The van der Waals surface area contributed by atoms with E-state index in [1.54, 1.807) is 11.7 Å². The lowest BCUT2D eigenvalue weighted by atomic mass is 10.1. The standard InChI is InChI=1S/C22H24N4O3/c1-29-19-11-7-17(8-12-19)21-24-25(22(28)26(21)18-9-10-18)14-13-23-20(27)15-16-5-3-2-4-6-16/h2-8,11-12,18H,9-10,13-15H2,1H3,(H,23,27). The van der Waals surface area contributed by atoms with Crippen molar-refractivity contribution in [3.05, 3.63) is 70.6 Å². The van der Waals surface area contributed by atoms with Gasteiger partial charge >= 0.3 is 5.69 Å². The number of hydrogen-bond donors (Lipinski definition) is 1. The molecule has 1 saturated carbocycles. The van der Waals surface area contributed by atoms with Crippen molar-refractivity contribution in [2.45, 2.75) is 31.8 Å². The maximum absolute atomic E-state index is 12.9. The molecule has 0 atom stereocenters. The van der Waals surface area contributed by atoms with Crippen LogP contribution in [0.4, 0.5) is 0 Å². The summed E-state index contributed by atoms with van der Waals surface area (Å²) in [5.41, 5.74) is 1.71. The summed E-state index contributed by atoms with van der Waals surface area (Å²) in [5, 5.41) is 7.42. The molecule has 1 fully saturated rings. The fraction of sp³-hybridized carbons (Fsp3) is 0.318. The van der Waals surface area contributed by atoms with E-state index in [0.29, 0.717) is 25.3 Å². The third-order valence-electron chi connectivity index (χ3n) is 4.98. The molecule has 7 nitrogen and oxygen atoms in total. The Balaban J connectivity index is 1.45. The van der Waals surface area contributed by atoms with Gasteiger partial charge in [-0.2, -0.15) is 0 Å². The Morgan fingerprint density at radius 2 is 1.86 bits per heavy atom. The van der Waals surface area contributed by atoms with Gasteiger partial charge in [0.1, 0.15) is 5.75 Å². The second kappa shape index (κ2) is 8.34. The lowest BCUT2D eigenvalue weighted by molar-refractivity contribution is -0.120. The first-order valence-electron chi connectivity index (χ1n) is 9.80. The minimum Gasteiger partial charge on any atom is -0.497 e. The summed E-state index contributed by atoms with van der Waals surface area (Å²) in [7, 11) is 1.62. The van der Waals surface area contributed by atoms with Crippen LogP contribution < -0.4 is 15.7 Å². The average Bonchev–Trinajstić information content (AvgIpc) is 3.53. The van der Waals surface area contributed by atoms with Crippen LogP contribution in [0.1, 0.15) is 24.4 Å². The molecule has 1 aliphatic rings. The summed E-state index contributed by atoms with van der Waals surface area (Å²) >= 11 is 0. The molecule has 1 aromatic heterocycles. The zero-order chi connectivity index (χ0) is 20.2. The Hall–Kier alpha value is -3.35. The molecule has 0 unspecified atom stereocenters. The Bertz CT molecular complexity index is 1030. The maximum atomic E-state index is 12.9. The van der Waals surface area contributed by atoms with E-state index in [-0.39, 0.29) is 17.6 Å². The van der Waals surface area contributed by atoms with Crippen LogP contribution in [-0.4, -0.2) is 33.9 Å². The van der Waals surface area contributed by atoms with Crippen molar-refractivity contribution in [1.29, 1.82) is 0 Å². The lowest BCUT2D eigenvalue weighted by Gasteiger charge is -2.05. The van der Waals surface area contributed by atoms with Crippen molar-refractivity contribution in [2.75, 3.05) is 13.7 Å². The van der Waals surface area contributed by atoms with Gasteiger partial charge in [0.05, 0.1) is 20.1 Å². The van der Waals surface area contributed by atoms with Crippen molar-refractivity contribution in [3.8, 4) is 17.1 Å². The van der Waals surface area contributed by atoms with Gasteiger partial charge in [-0.15, -0.1) is 5.10 Å². The molecule has 150 valence electrons. The molecule has 1 amide bonds. The van der Waals surface area contributed by atoms with Gasteiger partial charge in [-0.1, -0.05) is 30.3 Å². The number of rotatable bonds is 8. The molecule has 29 heavy (non-hydrogen) atoms. The fourth-order valence-electron chi connectivity index (χ4n) is 3.31. The fourth-order valence-corrected chi connectivity index (χ4v) is 3.31. The number of benzene rings is 2. The second-order valence-electron chi connectivity index (χ2n) is 7.17. The number of amides is 1. The summed E-state index contributed by atoms with van der Waals surface area (Å²) in [5.74, 6) is 1.35. The summed E-state index contributed by atoms with van der Waals surface area (Å²) in [4.78, 5) is 25.0. The number of carbonyl (C=O) groups excluding carboxylic acids is 1. The summed E-state index contributed by atoms with van der Waals surface area (Å²) in [6.07, 6.45) is 2.30. The van der Waals surface area contributed by atoms with E-state index in [4.69, 9.17) is 4.74 Å². The van der Waals surface area contributed by atoms with E-state index in [0.717, 1.165) is 29.7 Å². The van der Waals surface area contributed by atoms with Crippen LogP contribution in [0.5, 0.6) is 5.75 Å². The summed E-state index contributed by atoms with van der Waals surface area (Å²) < 4.78 is 8.42. The molecule has 0 saturated heterocycles. The second-order valence-corrected chi connectivity index (χ2v) is 7.17. The lowest BCUT2D eigenvalue weighted by Crippen LogP contribution is -2.32. The van der Waals surface area contributed by atoms with E-state index in [9.17, 15) is 9.59 Å². The Labute approximate surface area is 168 Å². The van der Waals surface area contributed by atoms with Gasteiger partial charge in [0.2, 0.25) is 5.91 Å². The first-order chi connectivity index (χ1) is 14.2. The maximum Gasteiger partial charge on any atom is 0.346 e. The highest BCUT2D eigenvalue weighted by atomic mass is 16.5. The molecule has 0 spiro atoms. The number of nitrogens with zero attached hydrogens (tertiary/aromatic N) is 3. The number of nitrogens with one attached hydrogen (secondary N) is 1. The molecule has 1 N–H and O–H groups in total. The minimum absolute atomic E-state index is 0.0683. The molecular formula is C22H24N4O3. The molecule has 4 rings (SSSR count). The van der Waals surface area contributed by atoms with E-state index >= 15 is 0 Å². The zero-order valence-corrected chi connectivity index (χ0v) is 16.4.